The van der Waals surface area contributed by atoms with Crippen molar-refractivity contribution >= 4 is 9.24 Å². The lowest BCUT2D eigenvalue weighted by Gasteiger charge is -2.12. The van der Waals surface area contributed by atoms with Gasteiger partial charge in [-0.1, -0.05) is 15.3 Å². The van der Waals surface area contributed by atoms with Crippen LogP contribution in [0.5, 0.6) is 5.75 Å². The average molecular weight is 190 g/mol. The van der Waals surface area contributed by atoms with Gasteiger partial charge in [0.25, 0.3) is 5.66 Å². The number of halogens is 2. The minimum Gasteiger partial charge on any atom is -0.507 e. The molecule has 0 aliphatic carbocycles. The number of phenolic OH excluding ortho intramolecular Hbond substituents is 1. The monoisotopic (exact) mass is 190 g/mol. The van der Waals surface area contributed by atoms with Gasteiger partial charge in [0, 0.05) is 0 Å². The lowest BCUT2D eigenvalue weighted by Crippen LogP contribution is -2.02. The first-order valence-corrected chi connectivity index (χ1v) is 3.96. The van der Waals surface area contributed by atoms with E-state index in [2.05, 4.69) is 0 Å². The van der Waals surface area contributed by atoms with Crippen molar-refractivity contribution in [3.8, 4) is 5.75 Å². The van der Waals surface area contributed by atoms with Crippen LogP contribution in [-0.2, 0) is 5.66 Å². The van der Waals surface area contributed by atoms with Gasteiger partial charge in [0.05, 0.1) is 5.56 Å². The van der Waals surface area contributed by atoms with Crippen LogP contribution in [0, 0.1) is 6.92 Å². The highest BCUT2D eigenvalue weighted by Crippen LogP contribution is 2.39. The number of alkyl halides is 2. The smallest absolute Gasteiger partial charge is 0.287 e. The normalized spacial score (nSPS) is 11.7. The zero-order valence-electron chi connectivity index (χ0n) is 6.51. The molecule has 1 N–H and O–H groups in total. The van der Waals surface area contributed by atoms with Gasteiger partial charge >= 0.3 is 0 Å². The van der Waals surface area contributed by atoms with Crippen molar-refractivity contribution in [2.75, 3.05) is 0 Å². The van der Waals surface area contributed by atoms with Crippen molar-refractivity contribution in [1.82, 2.24) is 0 Å². The van der Waals surface area contributed by atoms with Crippen LogP contribution in [-0.4, -0.2) is 5.11 Å². The van der Waals surface area contributed by atoms with Gasteiger partial charge in [-0.15, -0.1) is 0 Å². The molecular weight excluding hydrogens is 181 g/mol. The molecule has 12 heavy (non-hydrogen) atoms. The zero-order chi connectivity index (χ0) is 9.35. The summed E-state index contributed by atoms with van der Waals surface area (Å²) in [6.45, 7) is 1.73. The van der Waals surface area contributed by atoms with E-state index in [-0.39, 0.29) is 11.3 Å². The Kier molecular flexibility index (Phi) is 2.34. The minimum absolute atomic E-state index is 0.363. The van der Waals surface area contributed by atoms with E-state index in [1.54, 1.807) is 6.92 Å². The van der Waals surface area contributed by atoms with Gasteiger partial charge in [-0.3, -0.25) is 0 Å². The molecule has 0 saturated carbocycles. The number of rotatable bonds is 1. The zero-order valence-corrected chi connectivity index (χ0v) is 7.67. The van der Waals surface area contributed by atoms with Crippen molar-refractivity contribution in [2.45, 2.75) is 12.6 Å². The van der Waals surface area contributed by atoms with Gasteiger partial charge in [-0.25, -0.2) is 0 Å². The summed E-state index contributed by atoms with van der Waals surface area (Å²) < 4.78 is 25.3. The molecule has 0 spiro atoms. The first-order chi connectivity index (χ1) is 5.41. The van der Waals surface area contributed by atoms with Gasteiger partial charge in [-0.2, -0.15) is 8.78 Å². The number of hydrogen-bond acceptors (Lipinski definition) is 1. The lowest BCUT2D eigenvalue weighted by atomic mass is 10.1. The Bertz CT molecular complexity index is 294. The van der Waals surface area contributed by atoms with Crippen molar-refractivity contribution in [3.05, 3.63) is 29.3 Å². The fourth-order valence-corrected chi connectivity index (χ4v) is 1.17. The molecule has 0 radical (unpaired) electrons. The Hall–Kier alpha value is -0.690. The van der Waals surface area contributed by atoms with Crippen LogP contribution in [0.2, 0.25) is 0 Å². The van der Waals surface area contributed by atoms with Gasteiger partial charge in [-0.05, 0) is 24.6 Å². The summed E-state index contributed by atoms with van der Waals surface area (Å²) in [5.74, 6) is -0.366. The van der Waals surface area contributed by atoms with Crippen molar-refractivity contribution in [3.63, 3.8) is 0 Å². The summed E-state index contributed by atoms with van der Waals surface area (Å²) in [4.78, 5) is 0. The third-order valence-electron chi connectivity index (χ3n) is 1.51. The maximum atomic E-state index is 12.7. The lowest BCUT2D eigenvalue weighted by molar-refractivity contribution is 0.101. The summed E-state index contributed by atoms with van der Waals surface area (Å²) in [6, 6.07) is 4.07. The highest BCUT2D eigenvalue weighted by Gasteiger charge is 2.27. The van der Waals surface area contributed by atoms with E-state index >= 15 is 0 Å². The van der Waals surface area contributed by atoms with Gasteiger partial charge in [0.1, 0.15) is 5.75 Å². The molecule has 0 heterocycles. The SMILES string of the molecule is Cc1ccc(C(F)(F)P)c(O)c1. The quantitative estimate of drug-likeness (QED) is 0.675. The number of benzene rings is 1. The summed E-state index contributed by atoms with van der Waals surface area (Å²) >= 11 is 0. The molecule has 66 valence electrons. The van der Waals surface area contributed by atoms with E-state index in [0.29, 0.717) is 0 Å². The molecule has 4 heteroatoms. The second-order valence-electron chi connectivity index (χ2n) is 2.64. The fourth-order valence-electron chi connectivity index (χ4n) is 0.924. The topological polar surface area (TPSA) is 20.2 Å². The predicted molar refractivity (Wildman–Crippen MR) is 46.4 cm³/mol. The number of phenols is 1. The van der Waals surface area contributed by atoms with Crippen LogP contribution in [0.15, 0.2) is 18.2 Å². The molecule has 1 aromatic carbocycles. The van der Waals surface area contributed by atoms with Crippen LogP contribution < -0.4 is 0 Å². The number of hydrogen-bond donors (Lipinski definition) is 1. The van der Waals surface area contributed by atoms with Crippen molar-refractivity contribution < 1.29 is 13.9 Å². The highest BCUT2D eigenvalue weighted by atomic mass is 31.0. The molecule has 1 nitrogen and oxygen atoms in total. The highest BCUT2D eigenvalue weighted by molar-refractivity contribution is 7.17. The average Bonchev–Trinajstić information content (AvgIpc) is 1.83. The first-order valence-electron chi connectivity index (χ1n) is 3.38. The third kappa shape index (κ3) is 1.92. The summed E-state index contributed by atoms with van der Waals surface area (Å²) in [7, 11) is 1.39. The minimum atomic E-state index is -3.06. The van der Waals surface area contributed by atoms with Crippen LogP contribution >= 0.6 is 9.24 Å². The second-order valence-corrected chi connectivity index (χ2v) is 3.37. The third-order valence-corrected chi connectivity index (χ3v) is 1.82. The van der Waals surface area contributed by atoms with Gasteiger partial charge in [0.15, 0.2) is 0 Å². The van der Waals surface area contributed by atoms with Crippen molar-refractivity contribution in [1.29, 1.82) is 0 Å². The van der Waals surface area contributed by atoms with Crippen LogP contribution in [0.25, 0.3) is 0 Å². The molecule has 0 aliphatic rings. The number of aryl methyl sites for hydroxylation is 1. The Morgan fingerprint density at radius 3 is 2.42 bits per heavy atom. The molecule has 0 bridgehead atoms. The first kappa shape index (κ1) is 9.40. The summed E-state index contributed by atoms with van der Waals surface area (Å²) in [6.07, 6.45) is 0. The standard InChI is InChI=1S/C8H9F2OP/c1-5-2-3-6(7(11)4-5)8(9,10)12/h2-4,11H,12H2,1H3. The predicted octanol–water partition coefficient (Wildman–Crippen LogP) is 2.63. The molecule has 1 unspecified atom stereocenters. The van der Waals surface area contributed by atoms with Gasteiger partial charge in [0.2, 0.25) is 0 Å². The van der Waals surface area contributed by atoms with E-state index in [0.717, 1.165) is 5.56 Å². The van der Waals surface area contributed by atoms with Gasteiger partial charge < -0.3 is 5.11 Å². The molecule has 1 rings (SSSR count). The summed E-state index contributed by atoms with van der Waals surface area (Å²) in [5.41, 5.74) is -2.67. The largest absolute Gasteiger partial charge is 0.507 e. The Balaban J connectivity index is 3.19. The molecule has 0 amide bonds. The Labute approximate surface area is 71.6 Å². The van der Waals surface area contributed by atoms with Crippen LogP contribution in [0.3, 0.4) is 0 Å². The molecule has 0 saturated heterocycles. The van der Waals surface area contributed by atoms with E-state index < -0.39 is 5.66 Å². The maximum Gasteiger partial charge on any atom is 0.287 e. The van der Waals surface area contributed by atoms with Crippen LogP contribution in [0.1, 0.15) is 11.1 Å². The molecular formula is C8H9F2OP. The second kappa shape index (κ2) is 2.98. The van der Waals surface area contributed by atoms with Crippen LogP contribution in [0.4, 0.5) is 8.78 Å². The van der Waals surface area contributed by atoms with E-state index in [1.165, 1.54) is 27.4 Å². The molecule has 0 aliphatic heterocycles. The summed E-state index contributed by atoms with van der Waals surface area (Å²) in [5, 5.41) is 9.13. The molecule has 0 fully saturated rings. The van der Waals surface area contributed by atoms with Crippen molar-refractivity contribution in [2.24, 2.45) is 0 Å². The molecule has 0 aromatic heterocycles. The Morgan fingerprint density at radius 2 is 2.00 bits per heavy atom. The number of aromatic hydroxyl groups is 1. The Morgan fingerprint density at radius 1 is 1.42 bits per heavy atom. The molecule has 1 atom stereocenters. The van der Waals surface area contributed by atoms with E-state index in [9.17, 15) is 8.78 Å². The van der Waals surface area contributed by atoms with E-state index in [1.807, 2.05) is 0 Å². The molecule has 1 aromatic rings. The maximum absolute atomic E-state index is 12.7. The van der Waals surface area contributed by atoms with E-state index in [4.69, 9.17) is 5.11 Å². The fraction of sp³-hybridized carbons (Fsp3) is 0.250.